The second-order valence-electron chi connectivity index (χ2n) is 5.48. The van der Waals surface area contributed by atoms with E-state index in [1.54, 1.807) is 24.5 Å². The van der Waals surface area contributed by atoms with Gasteiger partial charge in [0.15, 0.2) is 11.3 Å². The van der Waals surface area contributed by atoms with Gasteiger partial charge in [-0.2, -0.15) is 5.10 Å². The third-order valence-corrected chi connectivity index (χ3v) is 3.96. The van der Waals surface area contributed by atoms with Crippen LogP contribution in [0.1, 0.15) is 23.3 Å². The number of carbonyl (C=O) groups excluding carboxylic acids is 1. The van der Waals surface area contributed by atoms with E-state index in [-0.39, 0.29) is 23.2 Å². The Labute approximate surface area is 136 Å². The van der Waals surface area contributed by atoms with Crippen molar-refractivity contribution in [1.29, 1.82) is 0 Å². The van der Waals surface area contributed by atoms with E-state index in [9.17, 15) is 9.18 Å². The van der Waals surface area contributed by atoms with E-state index >= 15 is 0 Å². The lowest BCUT2D eigenvalue weighted by Crippen LogP contribution is -2.26. The van der Waals surface area contributed by atoms with Crippen LogP contribution in [0.3, 0.4) is 0 Å². The summed E-state index contributed by atoms with van der Waals surface area (Å²) in [6.07, 6.45) is 5.18. The summed E-state index contributed by atoms with van der Waals surface area (Å²) in [4.78, 5) is 16.7. The van der Waals surface area contributed by atoms with Crippen LogP contribution < -0.4 is 5.32 Å². The van der Waals surface area contributed by atoms with Gasteiger partial charge in [0, 0.05) is 29.0 Å². The van der Waals surface area contributed by atoms with Gasteiger partial charge in [0.05, 0.1) is 5.56 Å². The topological polar surface area (TPSA) is 59.3 Å². The molecule has 3 aromatic rings. The zero-order valence-electron chi connectivity index (χ0n) is 12.0. The molecule has 2 heterocycles. The highest BCUT2D eigenvalue weighted by Gasteiger charge is 2.29. The predicted octanol–water partition coefficient (Wildman–Crippen LogP) is 3.08. The van der Waals surface area contributed by atoms with Gasteiger partial charge in [-0.3, -0.25) is 4.79 Å². The van der Waals surface area contributed by atoms with E-state index in [2.05, 4.69) is 15.4 Å². The Morgan fingerprint density at radius 2 is 2.22 bits per heavy atom. The fourth-order valence-corrected chi connectivity index (χ4v) is 2.63. The van der Waals surface area contributed by atoms with E-state index in [0.29, 0.717) is 16.2 Å². The van der Waals surface area contributed by atoms with Crippen molar-refractivity contribution >= 4 is 23.2 Å². The Bertz CT molecular complexity index is 920. The van der Waals surface area contributed by atoms with Crippen LogP contribution in [0, 0.1) is 5.82 Å². The van der Waals surface area contributed by atoms with Crippen molar-refractivity contribution < 1.29 is 9.18 Å². The molecule has 0 radical (unpaired) electrons. The molecule has 2 aromatic heterocycles. The summed E-state index contributed by atoms with van der Waals surface area (Å²) in [6, 6.07) is 6.21. The largest absolute Gasteiger partial charge is 0.348 e. The minimum absolute atomic E-state index is 0.164. The van der Waals surface area contributed by atoms with Crippen LogP contribution >= 0.6 is 11.6 Å². The quantitative estimate of drug-likeness (QED) is 0.803. The average Bonchev–Trinajstić information content (AvgIpc) is 3.25. The molecule has 1 N–H and O–H groups in total. The average molecular weight is 331 g/mol. The summed E-state index contributed by atoms with van der Waals surface area (Å²) in [7, 11) is 0. The highest BCUT2D eigenvalue weighted by molar-refractivity contribution is 6.30. The number of carbonyl (C=O) groups is 1. The van der Waals surface area contributed by atoms with Crippen molar-refractivity contribution in [2.45, 2.75) is 18.9 Å². The van der Waals surface area contributed by atoms with Gasteiger partial charge < -0.3 is 5.32 Å². The van der Waals surface area contributed by atoms with Crippen LogP contribution in [0.25, 0.3) is 16.8 Å². The van der Waals surface area contributed by atoms with Gasteiger partial charge in [0.25, 0.3) is 5.91 Å². The van der Waals surface area contributed by atoms with Crippen LogP contribution in [0.15, 0.2) is 36.7 Å². The lowest BCUT2D eigenvalue weighted by molar-refractivity contribution is 0.0946. The van der Waals surface area contributed by atoms with Gasteiger partial charge in [-0.05, 0) is 37.1 Å². The van der Waals surface area contributed by atoms with Gasteiger partial charge in [-0.25, -0.2) is 13.9 Å². The van der Waals surface area contributed by atoms with E-state index in [1.807, 2.05) is 0 Å². The molecule has 1 fully saturated rings. The van der Waals surface area contributed by atoms with Crippen molar-refractivity contribution in [3.63, 3.8) is 0 Å². The van der Waals surface area contributed by atoms with Crippen LogP contribution in [-0.4, -0.2) is 26.5 Å². The monoisotopic (exact) mass is 330 g/mol. The molecule has 23 heavy (non-hydrogen) atoms. The standard InChI is InChI=1S/C16H12ClFN4O/c17-9-2-5-11(12(18)8-9)13-14(16(23)20-10-3-4-10)21-22-7-1-6-19-15(13)22/h1-2,5-8,10H,3-4H2,(H,20,23). The molecule has 0 atom stereocenters. The molecule has 4 rings (SSSR count). The Hall–Kier alpha value is -2.47. The molecular weight excluding hydrogens is 319 g/mol. The number of aromatic nitrogens is 3. The highest BCUT2D eigenvalue weighted by Crippen LogP contribution is 2.31. The maximum Gasteiger partial charge on any atom is 0.272 e. The summed E-state index contributed by atoms with van der Waals surface area (Å²) < 4.78 is 15.9. The van der Waals surface area contributed by atoms with Crippen molar-refractivity contribution in [1.82, 2.24) is 19.9 Å². The second-order valence-corrected chi connectivity index (χ2v) is 5.92. The SMILES string of the molecule is O=C(NC1CC1)c1nn2cccnc2c1-c1ccc(Cl)cc1F. The number of nitrogens with one attached hydrogen (secondary N) is 1. The summed E-state index contributed by atoms with van der Waals surface area (Å²) >= 11 is 5.82. The summed E-state index contributed by atoms with van der Waals surface area (Å²) in [5, 5.41) is 7.45. The number of fused-ring (bicyclic) bond motifs is 1. The van der Waals surface area contributed by atoms with E-state index in [4.69, 9.17) is 11.6 Å². The molecule has 1 aromatic carbocycles. The predicted molar refractivity (Wildman–Crippen MR) is 83.9 cm³/mol. The first-order valence-corrected chi connectivity index (χ1v) is 7.61. The zero-order chi connectivity index (χ0) is 16.0. The molecule has 5 nitrogen and oxygen atoms in total. The summed E-state index contributed by atoms with van der Waals surface area (Å²) in [6.45, 7) is 0. The number of rotatable bonds is 3. The van der Waals surface area contributed by atoms with Crippen molar-refractivity contribution in [3.05, 3.63) is 53.2 Å². The van der Waals surface area contributed by atoms with Gasteiger partial charge >= 0.3 is 0 Å². The van der Waals surface area contributed by atoms with Crippen molar-refractivity contribution in [2.24, 2.45) is 0 Å². The number of nitrogens with zero attached hydrogens (tertiary/aromatic N) is 3. The highest BCUT2D eigenvalue weighted by atomic mass is 35.5. The third-order valence-electron chi connectivity index (χ3n) is 3.72. The maximum absolute atomic E-state index is 14.4. The van der Waals surface area contributed by atoms with Gasteiger partial charge in [-0.15, -0.1) is 0 Å². The molecular formula is C16H12ClFN4O. The zero-order valence-corrected chi connectivity index (χ0v) is 12.7. The number of halogens is 2. The number of hydrogen-bond donors (Lipinski definition) is 1. The lowest BCUT2D eigenvalue weighted by atomic mass is 10.0. The molecule has 0 aliphatic heterocycles. The first kappa shape index (κ1) is 14.1. The summed E-state index contributed by atoms with van der Waals surface area (Å²) in [5.74, 6) is -0.833. The Morgan fingerprint density at radius 3 is 2.96 bits per heavy atom. The van der Waals surface area contributed by atoms with Gasteiger partial charge in [0.2, 0.25) is 0 Å². The van der Waals surface area contributed by atoms with Crippen molar-refractivity contribution in [3.8, 4) is 11.1 Å². The number of hydrogen-bond acceptors (Lipinski definition) is 3. The third kappa shape index (κ3) is 2.55. The fraction of sp³-hybridized carbons (Fsp3) is 0.188. The molecule has 0 unspecified atom stereocenters. The summed E-state index contributed by atoms with van der Waals surface area (Å²) in [5.41, 5.74) is 1.22. The molecule has 1 aliphatic rings. The molecule has 1 aliphatic carbocycles. The van der Waals surface area contributed by atoms with Crippen LogP contribution in [-0.2, 0) is 0 Å². The molecule has 7 heteroatoms. The second kappa shape index (κ2) is 5.31. The van der Waals surface area contributed by atoms with Crippen LogP contribution in [0.4, 0.5) is 4.39 Å². The van der Waals surface area contributed by atoms with Crippen LogP contribution in [0.2, 0.25) is 5.02 Å². The first-order valence-electron chi connectivity index (χ1n) is 7.23. The molecule has 1 saturated carbocycles. The van der Waals surface area contributed by atoms with E-state index in [0.717, 1.165) is 12.8 Å². The molecule has 1 amide bonds. The van der Waals surface area contributed by atoms with E-state index < -0.39 is 5.82 Å². The molecule has 116 valence electrons. The van der Waals surface area contributed by atoms with Gasteiger partial charge in [0.1, 0.15) is 5.82 Å². The van der Waals surface area contributed by atoms with Crippen LogP contribution in [0.5, 0.6) is 0 Å². The maximum atomic E-state index is 14.4. The van der Waals surface area contributed by atoms with E-state index in [1.165, 1.54) is 16.6 Å². The minimum Gasteiger partial charge on any atom is -0.348 e. The normalized spacial score (nSPS) is 14.2. The Balaban J connectivity index is 1.93. The minimum atomic E-state index is -0.515. The number of benzene rings is 1. The smallest absolute Gasteiger partial charge is 0.272 e. The fourth-order valence-electron chi connectivity index (χ4n) is 2.47. The van der Waals surface area contributed by atoms with Crippen molar-refractivity contribution in [2.75, 3.05) is 0 Å². The molecule has 0 spiro atoms. The Kier molecular flexibility index (Phi) is 3.27. The lowest BCUT2D eigenvalue weighted by Gasteiger charge is -2.05. The van der Waals surface area contributed by atoms with Gasteiger partial charge in [-0.1, -0.05) is 11.6 Å². The number of amides is 1. The molecule has 0 saturated heterocycles. The Morgan fingerprint density at radius 1 is 1.39 bits per heavy atom. The molecule has 0 bridgehead atoms. The first-order chi connectivity index (χ1) is 11.1.